The summed E-state index contributed by atoms with van der Waals surface area (Å²) >= 11 is 0. The Morgan fingerprint density at radius 3 is 2.48 bits per heavy atom. The van der Waals surface area contributed by atoms with E-state index in [4.69, 9.17) is 14.4 Å². The van der Waals surface area contributed by atoms with Gasteiger partial charge in [-0.1, -0.05) is 12.1 Å². The first kappa shape index (κ1) is 19.7. The maximum absolute atomic E-state index is 11.0. The molecule has 0 bridgehead atoms. The summed E-state index contributed by atoms with van der Waals surface area (Å²) in [4.78, 5) is 12.3. The molecule has 2 heterocycles. The number of hydrogen-bond donors (Lipinski definition) is 1. The van der Waals surface area contributed by atoms with Crippen LogP contribution in [-0.2, 0) is 22.8 Å². The molecule has 3 rings (SSSR count). The fourth-order valence-electron chi connectivity index (χ4n) is 3.37. The number of fused-ring (bicyclic) bond motifs is 1. The van der Waals surface area contributed by atoms with Crippen molar-refractivity contribution in [3.63, 3.8) is 0 Å². The molecule has 27 heavy (non-hydrogen) atoms. The van der Waals surface area contributed by atoms with E-state index in [1.807, 2.05) is 57.6 Å². The Hall–Kier alpha value is -2.06. The predicted molar refractivity (Wildman–Crippen MR) is 105 cm³/mol. The summed E-state index contributed by atoms with van der Waals surface area (Å²) in [6.07, 6.45) is 0.527. The van der Waals surface area contributed by atoms with E-state index in [1.165, 1.54) is 4.90 Å². The minimum Gasteiger partial charge on any atom is -0.465 e. The molecule has 1 aromatic heterocycles. The summed E-state index contributed by atoms with van der Waals surface area (Å²) in [6, 6.07) is 5.98. The summed E-state index contributed by atoms with van der Waals surface area (Å²) in [5.74, 6) is 0. The van der Waals surface area contributed by atoms with Gasteiger partial charge in [-0.25, -0.2) is 4.79 Å². The number of nitrogens with zero attached hydrogens (tertiary/aromatic N) is 3. The van der Waals surface area contributed by atoms with Gasteiger partial charge in [0.25, 0.3) is 0 Å². The second kappa shape index (κ2) is 6.84. The zero-order valence-corrected chi connectivity index (χ0v) is 16.9. The third kappa shape index (κ3) is 3.56. The van der Waals surface area contributed by atoms with Crippen LogP contribution in [0.3, 0.4) is 0 Å². The molecule has 1 aliphatic heterocycles. The molecule has 0 atom stereocenters. The van der Waals surface area contributed by atoms with Gasteiger partial charge in [0, 0.05) is 31.7 Å². The lowest BCUT2D eigenvalue weighted by Gasteiger charge is -2.32. The van der Waals surface area contributed by atoms with Gasteiger partial charge in [0.2, 0.25) is 0 Å². The van der Waals surface area contributed by atoms with Crippen molar-refractivity contribution in [1.29, 1.82) is 0 Å². The Balaban J connectivity index is 1.93. The van der Waals surface area contributed by atoms with Crippen LogP contribution >= 0.6 is 0 Å². The van der Waals surface area contributed by atoms with Gasteiger partial charge < -0.3 is 19.3 Å². The molecule has 0 spiro atoms. The summed E-state index contributed by atoms with van der Waals surface area (Å²) < 4.78 is 14.4. The lowest BCUT2D eigenvalue weighted by atomic mass is 9.76. The van der Waals surface area contributed by atoms with Crippen LogP contribution in [0.4, 0.5) is 4.79 Å². The molecule has 1 aromatic carbocycles. The number of carbonyl (C=O) groups is 1. The highest BCUT2D eigenvalue weighted by molar-refractivity contribution is 6.65. The average Bonchev–Trinajstić information content (AvgIpc) is 2.99. The van der Waals surface area contributed by atoms with E-state index in [-0.39, 0.29) is 0 Å². The molecule has 1 N–H and O–H groups in total. The van der Waals surface area contributed by atoms with Gasteiger partial charge in [-0.15, -0.1) is 0 Å². The quantitative estimate of drug-likeness (QED) is 0.815. The van der Waals surface area contributed by atoms with E-state index in [0.29, 0.717) is 6.54 Å². The Morgan fingerprint density at radius 1 is 1.26 bits per heavy atom. The molecule has 2 aromatic rings. The molecule has 146 valence electrons. The van der Waals surface area contributed by atoms with Gasteiger partial charge in [-0.3, -0.25) is 4.68 Å². The van der Waals surface area contributed by atoms with Gasteiger partial charge in [-0.2, -0.15) is 5.10 Å². The van der Waals surface area contributed by atoms with Gasteiger partial charge >= 0.3 is 13.2 Å². The van der Waals surface area contributed by atoms with Gasteiger partial charge in [0.1, 0.15) is 0 Å². The summed E-state index contributed by atoms with van der Waals surface area (Å²) in [5, 5.41) is 14.7. The lowest BCUT2D eigenvalue weighted by molar-refractivity contribution is 0.00578. The Kier molecular flexibility index (Phi) is 4.99. The van der Waals surface area contributed by atoms with Crippen LogP contribution < -0.4 is 5.46 Å². The van der Waals surface area contributed by atoms with Crippen LogP contribution in [0.5, 0.6) is 0 Å². The van der Waals surface area contributed by atoms with E-state index in [9.17, 15) is 4.79 Å². The first-order valence-electron chi connectivity index (χ1n) is 9.28. The number of aromatic nitrogens is 2. The summed E-state index contributed by atoms with van der Waals surface area (Å²) in [7, 11) is 3.05. The number of amides is 1. The maximum Gasteiger partial charge on any atom is 0.495 e. The average molecular weight is 373 g/mol. The number of rotatable bonds is 5. The minimum absolute atomic E-state index is 0.410. The van der Waals surface area contributed by atoms with Crippen molar-refractivity contribution in [2.75, 3.05) is 13.6 Å². The van der Waals surface area contributed by atoms with Crippen molar-refractivity contribution >= 4 is 29.6 Å². The highest BCUT2D eigenvalue weighted by Crippen LogP contribution is 2.37. The van der Waals surface area contributed by atoms with Crippen LogP contribution in [0, 0.1) is 0 Å². The van der Waals surface area contributed by atoms with Crippen LogP contribution in [0.2, 0.25) is 0 Å². The van der Waals surface area contributed by atoms with E-state index in [0.717, 1.165) is 34.9 Å². The van der Waals surface area contributed by atoms with Crippen LogP contribution in [0.15, 0.2) is 18.2 Å². The largest absolute Gasteiger partial charge is 0.495 e. The van der Waals surface area contributed by atoms with Crippen LogP contribution in [0.25, 0.3) is 10.9 Å². The smallest absolute Gasteiger partial charge is 0.465 e. The molecule has 0 radical (unpaired) electrons. The summed E-state index contributed by atoms with van der Waals surface area (Å²) in [6.45, 7) is 8.64. The van der Waals surface area contributed by atoms with Crippen molar-refractivity contribution in [2.45, 2.75) is 51.7 Å². The molecular weight excluding hydrogens is 345 g/mol. The highest BCUT2D eigenvalue weighted by Gasteiger charge is 2.52. The molecule has 0 aliphatic carbocycles. The molecule has 1 saturated heterocycles. The predicted octanol–water partition coefficient (Wildman–Crippen LogP) is 2.41. The number of hydrogen-bond acceptors (Lipinski definition) is 4. The molecule has 0 unspecified atom stereocenters. The van der Waals surface area contributed by atoms with Crippen molar-refractivity contribution in [3.05, 3.63) is 23.9 Å². The normalized spacial score (nSPS) is 18.2. The van der Waals surface area contributed by atoms with Crippen LogP contribution in [0.1, 0.15) is 39.8 Å². The monoisotopic (exact) mass is 373 g/mol. The minimum atomic E-state index is -0.914. The Labute approximate surface area is 160 Å². The molecule has 7 nitrogen and oxygen atoms in total. The Bertz CT molecular complexity index is 846. The van der Waals surface area contributed by atoms with Gasteiger partial charge in [-0.05, 0) is 52.1 Å². The molecule has 1 amide bonds. The third-order valence-corrected chi connectivity index (χ3v) is 5.75. The number of carboxylic acid groups (broad SMARTS) is 1. The van der Waals surface area contributed by atoms with E-state index in [1.54, 1.807) is 7.05 Å². The fourth-order valence-corrected chi connectivity index (χ4v) is 3.37. The zero-order valence-electron chi connectivity index (χ0n) is 16.9. The van der Waals surface area contributed by atoms with E-state index < -0.39 is 24.4 Å². The molecule has 1 fully saturated rings. The topological polar surface area (TPSA) is 76.8 Å². The van der Waals surface area contributed by atoms with Gasteiger partial charge in [0.05, 0.1) is 16.7 Å². The second-order valence-corrected chi connectivity index (χ2v) is 8.21. The first-order chi connectivity index (χ1) is 12.5. The Morgan fingerprint density at radius 2 is 1.89 bits per heavy atom. The second-order valence-electron chi connectivity index (χ2n) is 8.21. The van der Waals surface area contributed by atoms with Crippen molar-refractivity contribution in [3.8, 4) is 0 Å². The molecule has 1 aliphatic rings. The van der Waals surface area contributed by atoms with Gasteiger partial charge in [0.15, 0.2) is 0 Å². The lowest BCUT2D eigenvalue weighted by Crippen LogP contribution is -2.41. The molecule has 8 heteroatoms. The third-order valence-electron chi connectivity index (χ3n) is 5.75. The molecule has 0 saturated carbocycles. The van der Waals surface area contributed by atoms with E-state index >= 15 is 0 Å². The zero-order chi connectivity index (χ0) is 20.0. The van der Waals surface area contributed by atoms with Crippen molar-refractivity contribution in [1.82, 2.24) is 14.7 Å². The fraction of sp³-hybridized carbons (Fsp3) is 0.579. The number of benzene rings is 1. The first-order valence-corrected chi connectivity index (χ1v) is 9.28. The van der Waals surface area contributed by atoms with E-state index in [2.05, 4.69) is 5.10 Å². The van der Waals surface area contributed by atoms with Crippen molar-refractivity contribution in [2.24, 2.45) is 7.05 Å². The SMILES string of the molecule is CN(CCCc1c2c(B3OC(C)(C)C(C)(C)O3)cccc2nn1C)C(=O)O. The number of aryl methyl sites for hydroxylation is 2. The molecular formula is C19H28BN3O4. The van der Waals surface area contributed by atoms with Crippen molar-refractivity contribution < 1.29 is 19.2 Å². The van der Waals surface area contributed by atoms with Crippen LogP contribution in [-0.4, -0.2) is 57.8 Å². The standard InChI is InChI=1S/C19H28BN3O4/c1-18(2)19(3,4)27-20(26-18)13-9-7-10-14-16(13)15(23(6)21-14)11-8-12-22(5)17(24)25/h7,9-10H,8,11-12H2,1-6H3,(H,24,25). The maximum atomic E-state index is 11.0. The highest BCUT2D eigenvalue weighted by atomic mass is 16.7. The summed E-state index contributed by atoms with van der Waals surface area (Å²) in [5.41, 5.74) is 2.11.